The maximum Gasteiger partial charge on any atom is 0.187 e. The van der Waals surface area contributed by atoms with Crippen LogP contribution in [0.5, 0.6) is 5.75 Å². The molecule has 0 radical (unpaired) electrons. The second kappa shape index (κ2) is 6.10. The minimum Gasteiger partial charge on any atom is -0.497 e. The van der Waals surface area contributed by atoms with Crippen LogP contribution in [-0.4, -0.2) is 43.6 Å². The molecule has 1 aromatic carbocycles. The number of ketones is 1. The number of hydrogen-bond acceptors (Lipinski definition) is 7. The number of ether oxygens (including phenoxy) is 1. The molecule has 0 unspecified atom stereocenters. The van der Waals surface area contributed by atoms with E-state index in [4.69, 9.17) is 4.74 Å². The number of rotatable bonds is 5. The maximum atomic E-state index is 11.1. The molecule has 7 nitrogen and oxygen atoms in total. The summed E-state index contributed by atoms with van der Waals surface area (Å²) in [4.78, 5) is 19.6. The Balaban J connectivity index is 2.05. The number of aromatic nitrogens is 5. The second-order valence-electron chi connectivity index (χ2n) is 4.54. The molecule has 0 saturated carbocycles. The van der Waals surface area contributed by atoms with Gasteiger partial charge in [0.1, 0.15) is 22.9 Å². The molecule has 2 aromatic heterocycles. The highest BCUT2D eigenvalue weighted by Gasteiger charge is 2.14. The predicted octanol–water partition coefficient (Wildman–Crippen LogP) is 1.90. The first-order chi connectivity index (χ1) is 10.7. The number of methoxy groups -OCH3 is 1. The van der Waals surface area contributed by atoms with Gasteiger partial charge in [0.2, 0.25) is 0 Å². The number of thioether (sulfide) groups is 1. The van der Waals surface area contributed by atoms with Crippen molar-refractivity contribution in [1.82, 2.24) is 25.0 Å². The van der Waals surface area contributed by atoms with E-state index >= 15 is 0 Å². The van der Waals surface area contributed by atoms with Crippen molar-refractivity contribution < 1.29 is 9.53 Å². The Labute approximate surface area is 130 Å². The lowest BCUT2D eigenvalue weighted by Crippen LogP contribution is -1.99. The van der Waals surface area contributed by atoms with Gasteiger partial charge in [0.05, 0.1) is 18.6 Å². The van der Waals surface area contributed by atoms with E-state index in [9.17, 15) is 4.79 Å². The van der Waals surface area contributed by atoms with Crippen LogP contribution in [0.1, 0.15) is 6.92 Å². The fraction of sp³-hybridized carbons (Fsp3) is 0.214. The summed E-state index contributed by atoms with van der Waals surface area (Å²) < 4.78 is 6.84. The summed E-state index contributed by atoms with van der Waals surface area (Å²) in [5, 5.41) is 8.93. The highest BCUT2D eigenvalue weighted by molar-refractivity contribution is 8.00. The number of Topliss-reactive ketones (excluding diaryl/α,β-unsaturated/α-hetero) is 1. The van der Waals surface area contributed by atoms with Gasteiger partial charge in [0, 0.05) is 6.07 Å². The molecule has 2 heterocycles. The highest BCUT2D eigenvalue weighted by Crippen LogP contribution is 2.24. The van der Waals surface area contributed by atoms with Crippen molar-refractivity contribution in [3.63, 3.8) is 0 Å². The number of nitrogens with zero attached hydrogens (tertiary/aromatic N) is 5. The van der Waals surface area contributed by atoms with Crippen LogP contribution >= 0.6 is 11.8 Å². The minimum absolute atomic E-state index is 0.0805. The summed E-state index contributed by atoms with van der Waals surface area (Å²) >= 11 is 1.33. The molecule has 0 atom stereocenters. The minimum atomic E-state index is 0.0805. The molecule has 0 amide bonds. The normalized spacial score (nSPS) is 10.8. The Kier molecular flexibility index (Phi) is 4.01. The summed E-state index contributed by atoms with van der Waals surface area (Å²) in [5.41, 5.74) is 1.97. The lowest BCUT2D eigenvalue weighted by molar-refractivity contribution is -0.114. The molecule has 0 aliphatic carbocycles. The second-order valence-corrected chi connectivity index (χ2v) is 5.51. The van der Waals surface area contributed by atoms with Crippen molar-refractivity contribution in [2.45, 2.75) is 11.9 Å². The molecule has 0 aliphatic rings. The lowest BCUT2D eigenvalue weighted by atomic mass is 10.3. The van der Waals surface area contributed by atoms with Crippen molar-refractivity contribution in [3.05, 3.63) is 30.6 Å². The van der Waals surface area contributed by atoms with Crippen LogP contribution in [-0.2, 0) is 4.79 Å². The van der Waals surface area contributed by atoms with Gasteiger partial charge in [-0.3, -0.25) is 4.79 Å². The average Bonchev–Trinajstić information content (AvgIpc) is 2.97. The van der Waals surface area contributed by atoms with E-state index in [1.807, 2.05) is 24.3 Å². The summed E-state index contributed by atoms with van der Waals surface area (Å²) in [6.45, 7) is 1.54. The van der Waals surface area contributed by atoms with Gasteiger partial charge in [-0.05, 0) is 19.1 Å². The monoisotopic (exact) mass is 315 g/mol. The number of benzene rings is 1. The highest BCUT2D eigenvalue weighted by atomic mass is 32.2. The largest absolute Gasteiger partial charge is 0.497 e. The first-order valence-electron chi connectivity index (χ1n) is 6.52. The average molecular weight is 315 g/mol. The van der Waals surface area contributed by atoms with E-state index in [0.717, 1.165) is 11.4 Å². The number of carbonyl (C=O) groups is 1. The van der Waals surface area contributed by atoms with Crippen LogP contribution in [0.25, 0.3) is 16.9 Å². The summed E-state index contributed by atoms with van der Waals surface area (Å²) in [5.74, 6) is 1.15. The van der Waals surface area contributed by atoms with E-state index in [2.05, 4.69) is 20.3 Å². The molecule has 3 aromatic rings. The Morgan fingerprint density at radius 1 is 1.36 bits per heavy atom. The molecule has 0 aliphatic heterocycles. The van der Waals surface area contributed by atoms with Crippen molar-refractivity contribution in [2.75, 3.05) is 12.9 Å². The van der Waals surface area contributed by atoms with Gasteiger partial charge >= 0.3 is 0 Å². The predicted molar refractivity (Wildman–Crippen MR) is 82.4 cm³/mol. The van der Waals surface area contributed by atoms with E-state index in [-0.39, 0.29) is 5.78 Å². The summed E-state index contributed by atoms with van der Waals surface area (Å²) in [6, 6.07) is 7.46. The molecule has 3 rings (SSSR count). The van der Waals surface area contributed by atoms with Gasteiger partial charge in [-0.2, -0.15) is 4.68 Å². The quantitative estimate of drug-likeness (QED) is 0.525. The first-order valence-corrected chi connectivity index (χ1v) is 7.50. The molecular formula is C14H13N5O2S. The molecule has 0 N–H and O–H groups in total. The van der Waals surface area contributed by atoms with Gasteiger partial charge in [0.15, 0.2) is 11.2 Å². The van der Waals surface area contributed by atoms with Gasteiger partial charge in [-0.1, -0.05) is 23.0 Å². The zero-order valence-electron chi connectivity index (χ0n) is 12.1. The van der Waals surface area contributed by atoms with Crippen LogP contribution in [0, 0.1) is 0 Å². The molecule has 22 heavy (non-hydrogen) atoms. The van der Waals surface area contributed by atoms with Gasteiger partial charge in [-0.15, -0.1) is 5.10 Å². The van der Waals surface area contributed by atoms with Crippen molar-refractivity contribution in [3.8, 4) is 11.4 Å². The van der Waals surface area contributed by atoms with Crippen LogP contribution in [0.4, 0.5) is 0 Å². The van der Waals surface area contributed by atoms with Crippen molar-refractivity contribution in [2.24, 2.45) is 0 Å². The maximum absolute atomic E-state index is 11.1. The summed E-state index contributed by atoms with van der Waals surface area (Å²) in [7, 11) is 1.61. The Bertz CT molecular complexity index is 833. The molecule has 0 bridgehead atoms. The van der Waals surface area contributed by atoms with Crippen molar-refractivity contribution in [1.29, 1.82) is 0 Å². The fourth-order valence-corrected chi connectivity index (χ4v) is 2.65. The van der Waals surface area contributed by atoms with E-state index in [0.29, 0.717) is 21.9 Å². The topological polar surface area (TPSA) is 82.8 Å². The van der Waals surface area contributed by atoms with Crippen molar-refractivity contribution >= 4 is 28.7 Å². The zero-order chi connectivity index (χ0) is 15.5. The Morgan fingerprint density at radius 3 is 3.00 bits per heavy atom. The third kappa shape index (κ3) is 2.77. The first kappa shape index (κ1) is 14.5. The van der Waals surface area contributed by atoms with Gasteiger partial charge in [-0.25, -0.2) is 9.97 Å². The molecule has 0 fully saturated rings. The third-order valence-electron chi connectivity index (χ3n) is 2.91. The van der Waals surface area contributed by atoms with Crippen LogP contribution < -0.4 is 4.74 Å². The summed E-state index contributed by atoms with van der Waals surface area (Å²) in [6.07, 6.45) is 1.45. The third-order valence-corrected chi connectivity index (χ3v) is 4.04. The standard InChI is InChI=1S/C14H13N5O2S/c1-9(20)7-22-14-12-13(15-8-16-14)19(18-17-12)10-4-3-5-11(6-10)21-2/h3-6,8H,7H2,1-2H3. The molecule has 112 valence electrons. The Hall–Kier alpha value is -2.48. The Morgan fingerprint density at radius 2 is 2.23 bits per heavy atom. The fourth-order valence-electron chi connectivity index (χ4n) is 1.92. The lowest BCUT2D eigenvalue weighted by Gasteiger charge is -2.04. The SMILES string of the molecule is COc1cccc(-n2nnc3c(SCC(C)=O)ncnc32)c1. The zero-order valence-corrected chi connectivity index (χ0v) is 12.9. The molecule has 0 saturated heterocycles. The van der Waals surface area contributed by atoms with E-state index in [1.165, 1.54) is 18.1 Å². The number of hydrogen-bond donors (Lipinski definition) is 0. The van der Waals surface area contributed by atoms with Crippen LogP contribution in [0.3, 0.4) is 0 Å². The van der Waals surface area contributed by atoms with Crippen LogP contribution in [0.2, 0.25) is 0 Å². The van der Waals surface area contributed by atoms with Gasteiger partial charge in [0.25, 0.3) is 0 Å². The number of fused-ring (bicyclic) bond motifs is 1. The van der Waals surface area contributed by atoms with Gasteiger partial charge < -0.3 is 4.74 Å². The molecular weight excluding hydrogens is 302 g/mol. The van der Waals surface area contributed by atoms with Crippen LogP contribution in [0.15, 0.2) is 35.6 Å². The molecule has 0 spiro atoms. The smallest absolute Gasteiger partial charge is 0.187 e. The van der Waals surface area contributed by atoms with E-state index in [1.54, 1.807) is 18.7 Å². The number of carbonyl (C=O) groups excluding carboxylic acids is 1. The molecule has 8 heteroatoms. The van der Waals surface area contributed by atoms with E-state index < -0.39 is 0 Å².